The highest BCUT2D eigenvalue weighted by atomic mass is 32.1. The van der Waals surface area contributed by atoms with Gasteiger partial charge < -0.3 is 10.6 Å². The fraction of sp³-hybridized carbons (Fsp3) is 0.444. The van der Waals surface area contributed by atoms with Crippen LogP contribution in [0, 0.1) is 0 Å². The summed E-state index contributed by atoms with van der Waals surface area (Å²) >= 11 is 1.26. The molecular formula is C9H13N3O2S. The first-order valence-electron chi connectivity index (χ1n) is 4.57. The Kier molecular flexibility index (Phi) is 4.23. The number of nitrogen functional groups attached to an aromatic ring is 1. The van der Waals surface area contributed by atoms with Gasteiger partial charge in [-0.2, -0.15) is 0 Å². The lowest BCUT2D eigenvalue weighted by Gasteiger charge is -2.05. The number of hydrogen-bond donors (Lipinski definition) is 1. The van der Waals surface area contributed by atoms with Crippen LogP contribution in [0.3, 0.4) is 0 Å². The third-order valence-corrected chi connectivity index (χ3v) is 2.48. The second-order valence-corrected chi connectivity index (χ2v) is 3.88. The molecule has 0 aromatic carbocycles. The lowest BCUT2D eigenvalue weighted by atomic mass is 10.3. The monoisotopic (exact) mass is 227 g/mol. The Balaban J connectivity index is 2.75. The number of aromatic nitrogens is 1. The first-order chi connectivity index (χ1) is 7.17. The summed E-state index contributed by atoms with van der Waals surface area (Å²) in [7, 11) is 0. The molecule has 0 radical (unpaired) electrons. The SMILES string of the molecule is CCC(C)O/N=C(\C=O)c1csc(N)n1. The van der Waals surface area contributed by atoms with Gasteiger partial charge in [-0.25, -0.2) is 4.98 Å². The zero-order chi connectivity index (χ0) is 11.3. The van der Waals surface area contributed by atoms with Gasteiger partial charge in [0.1, 0.15) is 11.8 Å². The maximum absolute atomic E-state index is 10.7. The number of anilines is 1. The first kappa shape index (κ1) is 11.6. The number of thiazole rings is 1. The van der Waals surface area contributed by atoms with Gasteiger partial charge in [-0.1, -0.05) is 12.1 Å². The maximum atomic E-state index is 10.7. The summed E-state index contributed by atoms with van der Waals surface area (Å²) in [5, 5.41) is 5.81. The molecule has 6 heteroatoms. The molecule has 1 atom stereocenters. The number of hydrogen-bond acceptors (Lipinski definition) is 6. The summed E-state index contributed by atoms with van der Waals surface area (Å²) in [6.45, 7) is 3.85. The van der Waals surface area contributed by atoms with E-state index in [-0.39, 0.29) is 11.8 Å². The molecule has 1 heterocycles. The van der Waals surface area contributed by atoms with Crippen LogP contribution in [-0.2, 0) is 9.63 Å². The van der Waals surface area contributed by atoms with Crippen molar-refractivity contribution in [2.45, 2.75) is 26.4 Å². The van der Waals surface area contributed by atoms with E-state index in [4.69, 9.17) is 10.6 Å². The fourth-order valence-electron chi connectivity index (χ4n) is 0.755. The van der Waals surface area contributed by atoms with Crippen molar-refractivity contribution < 1.29 is 9.63 Å². The van der Waals surface area contributed by atoms with Crippen LogP contribution in [0.4, 0.5) is 5.13 Å². The molecule has 0 bridgehead atoms. The molecule has 1 aromatic heterocycles. The van der Waals surface area contributed by atoms with E-state index in [0.717, 1.165) is 6.42 Å². The molecule has 0 amide bonds. The molecule has 0 spiro atoms. The summed E-state index contributed by atoms with van der Waals surface area (Å²) in [6.07, 6.45) is 1.42. The number of aldehydes is 1. The van der Waals surface area contributed by atoms with Crippen molar-refractivity contribution in [2.24, 2.45) is 5.16 Å². The fourth-order valence-corrected chi connectivity index (χ4v) is 1.31. The minimum atomic E-state index is -0.0177. The Morgan fingerprint density at radius 1 is 1.87 bits per heavy atom. The minimum Gasteiger partial charge on any atom is -0.392 e. The second-order valence-electron chi connectivity index (χ2n) is 2.99. The van der Waals surface area contributed by atoms with Gasteiger partial charge in [0, 0.05) is 5.38 Å². The Morgan fingerprint density at radius 3 is 3.07 bits per heavy atom. The van der Waals surface area contributed by atoms with Crippen LogP contribution in [0.5, 0.6) is 0 Å². The molecule has 15 heavy (non-hydrogen) atoms. The molecule has 1 aromatic rings. The second kappa shape index (κ2) is 5.45. The summed E-state index contributed by atoms with van der Waals surface area (Å²) in [4.78, 5) is 19.8. The Hall–Kier alpha value is -1.43. The highest BCUT2D eigenvalue weighted by Gasteiger charge is 2.08. The minimum absolute atomic E-state index is 0.0177. The van der Waals surface area contributed by atoms with Crippen LogP contribution in [0.15, 0.2) is 10.5 Å². The van der Waals surface area contributed by atoms with Crippen LogP contribution in [0.2, 0.25) is 0 Å². The average molecular weight is 227 g/mol. The van der Waals surface area contributed by atoms with Gasteiger partial charge in [-0.15, -0.1) is 11.3 Å². The van der Waals surface area contributed by atoms with Gasteiger partial charge in [-0.3, -0.25) is 4.79 Å². The van der Waals surface area contributed by atoms with Crippen molar-refractivity contribution in [1.82, 2.24) is 4.98 Å². The van der Waals surface area contributed by atoms with E-state index in [1.54, 1.807) is 5.38 Å². The number of carbonyl (C=O) groups is 1. The molecule has 1 rings (SSSR count). The van der Waals surface area contributed by atoms with Gasteiger partial charge in [0.2, 0.25) is 0 Å². The van der Waals surface area contributed by atoms with Crippen molar-refractivity contribution in [2.75, 3.05) is 5.73 Å². The molecule has 0 aliphatic carbocycles. The van der Waals surface area contributed by atoms with Gasteiger partial charge in [0.15, 0.2) is 17.1 Å². The van der Waals surface area contributed by atoms with E-state index >= 15 is 0 Å². The molecule has 2 N–H and O–H groups in total. The standard InChI is InChI=1S/C9H13N3O2S/c1-3-6(2)14-12-7(4-13)8-5-15-9(10)11-8/h4-6H,3H2,1-2H3,(H2,10,11)/b12-7+. The van der Waals surface area contributed by atoms with Crippen molar-refractivity contribution >= 4 is 28.5 Å². The maximum Gasteiger partial charge on any atom is 0.180 e. The smallest absolute Gasteiger partial charge is 0.180 e. The molecule has 1 unspecified atom stereocenters. The average Bonchev–Trinajstić information content (AvgIpc) is 2.65. The molecule has 82 valence electrons. The third-order valence-electron chi connectivity index (χ3n) is 1.80. The summed E-state index contributed by atoms with van der Waals surface area (Å²) < 4.78 is 0. The van der Waals surface area contributed by atoms with Crippen LogP contribution < -0.4 is 5.73 Å². The van der Waals surface area contributed by atoms with Crippen LogP contribution in [0.1, 0.15) is 26.0 Å². The van der Waals surface area contributed by atoms with E-state index in [1.807, 2.05) is 13.8 Å². The normalized spacial score (nSPS) is 13.6. The van der Waals surface area contributed by atoms with Gasteiger partial charge in [0.25, 0.3) is 0 Å². The Labute approximate surface area is 91.9 Å². The van der Waals surface area contributed by atoms with Crippen molar-refractivity contribution in [3.63, 3.8) is 0 Å². The van der Waals surface area contributed by atoms with Crippen molar-refractivity contribution in [1.29, 1.82) is 0 Å². The zero-order valence-electron chi connectivity index (χ0n) is 8.64. The van der Waals surface area contributed by atoms with Gasteiger partial charge in [0.05, 0.1) is 0 Å². The Bertz CT molecular complexity index is 362. The van der Waals surface area contributed by atoms with Gasteiger partial charge in [-0.05, 0) is 13.3 Å². The van der Waals surface area contributed by atoms with Crippen LogP contribution in [-0.4, -0.2) is 23.1 Å². The lowest BCUT2D eigenvalue weighted by molar-refractivity contribution is -0.102. The molecule has 0 saturated carbocycles. The highest BCUT2D eigenvalue weighted by molar-refractivity contribution is 7.13. The van der Waals surface area contributed by atoms with Crippen molar-refractivity contribution in [3.05, 3.63) is 11.1 Å². The third kappa shape index (κ3) is 3.32. The topological polar surface area (TPSA) is 77.6 Å². The number of nitrogens with zero attached hydrogens (tertiary/aromatic N) is 2. The number of carbonyl (C=O) groups excluding carboxylic acids is 1. The van der Waals surface area contributed by atoms with E-state index in [1.165, 1.54) is 11.3 Å². The number of rotatable bonds is 5. The lowest BCUT2D eigenvalue weighted by Crippen LogP contribution is -2.08. The van der Waals surface area contributed by atoms with Gasteiger partial charge >= 0.3 is 0 Å². The van der Waals surface area contributed by atoms with Crippen molar-refractivity contribution in [3.8, 4) is 0 Å². The summed E-state index contributed by atoms with van der Waals surface area (Å²) in [6, 6.07) is 0. The first-order valence-corrected chi connectivity index (χ1v) is 5.45. The Morgan fingerprint density at radius 2 is 2.60 bits per heavy atom. The summed E-state index contributed by atoms with van der Waals surface area (Å²) in [5.74, 6) is 0. The number of nitrogens with two attached hydrogens (primary N) is 1. The molecular weight excluding hydrogens is 214 g/mol. The highest BCUT2D eigenvalue weighted by Crippen LogP contribution is 2.11. The predicted octanol–water partition coefficient (Wildman–Crippen LogP) is 1.44. The largest absolute Gasteiger partial charge is 0.392 e. The van der Waals surface area contributed by atoms with Crippen LogP contribution >= 0.6 is 11.3 Å². The van der Waals surface area contributed by atoms with E-state index in [9.17, 15) is 4.79 Å². The van der Waals surface area contributed by atoms with E-state index in [0.29, 0.717) is 17.1 Å². The molecule has 0 fully saturated rings. The molecule has 5 nitrogen and oxygen atoms in total. The van der Waals surface area contributed by atoms with Crippen LogP contribution in [0.25, 0.3) is 0 Å². The zero-order valence-corrected chi connectivity index (χ0v) is 9.45. The summed E-state index contributed by atoms with van der Waals surface area (Å²) in [5.41, 5.74) is 6.07. The number of oxime groups is 1. The predicted molar refractivity (Wildman–Crippen MR) is 60.0 cm³/mol. The van der Waals surface area contributed by atoms with E-state index in [2.05, 4.69) is 10.1 Å². The molecule has 0 aliphatic rings. The molecule has 0 saturated heterocycles. The quantitative estimate of drug-likeness (QED) is 0.469. The van der Waals surface area contributed by atoms with E-state index < -0.39 is 0 Å². The molecule has 0 aliphatic heterocycles.